The summed E-state index contributed by atoms with van der Waals surface area (Å²) < 4.78 is 1.08. The lowest BCUT2D eigenvalue weighted by Gasteiger charge is -2.13. The molecular weight excluding hydrogens is 399 g/mol. The van der Waals surface area contributed by atoms with Crippen LogP contribution in [0.2, 0.25) is 10.0 Å². The van der Waals surface area contributed by atoms with Gasteiger partial charge in [0.15, 0.2) is 0 Å². The molecule has 0 aliphatic carbocycles. The van der Waals surface area contributed by atoms with Gasteiger partial charge in [0.1, 0.15) is 0 Å². The van der Waals surface area contributed by atoms with E-state index in [1.54, 1.807) is 6.07 Å². The molecule has 0 radical (unpaired) electrons. The van der Waals surface area contributed by atoms with Crippen LogP contribution in [0.4, 0.5) is 0 Å². The molecule has 0 fully saturated rings. The molecule has 0 bridgehead atoms. The predicted molar refractivity (Wildman–Crippen MR) is 86.0 cm³/mol. The van der Waals surface area contributed by atoms with Crippen LogP contribution in [0.15, 0.2) is 46.9 Å². The van der Waals surface area contributed by atoms with Gasteiger partial charge in [-0.3, -0.25) is 0 Å². The Bertz CT molecular complexity index is 538. The molecule has 0 heterocycles. The minimum absolute atomic E-state index is 0.157. The predicted octanol–water partition coefficient (Wildman–Crippen LogP) is 6.43. The van der Waals surface area contributed by atoms with Crippen molar-refractivity contribution in [2.45, 2.75) is 11.2 Å². The van der Waals surface area contributed by atoms with Gasteiger partial charge in [0, 0.05) is 9.30 Å². The molecule has 2 rings (SSSR count). The minimum atomic E-state index is 0.157. The lowest BCUT2D eigenvalue weighted by atomic mass is 10.0. The summed E-state index contributed by atoms with van der Waals surface area (Å²) in [6, 6.07) is 14.0. The second-order valence-electron chi connectivity index (χ2n) is 3.94. The summed E-state index contributed by atoms with van der Waals surface area (Å²) >= 11 is 19.3. The quantitative estimate of drug-likeness (QED) is 0.513. The number of hydrogen-bond acceptors (Lipinski definition) is 0. The monoisotopic (exact) mass is 406 g/mol. The zero-order chi connectivity index (χ0) is 13.1. The van der Waals surface area contributed by atoms with Gasteiger partial charge in [-0.15, -0.1) is 0 Å². The Morgan fingerprint density at radius 2 is 1.67 bits per heavy atom. The summed E-state index contributed by atoms with van der Waals surface area (Å²) in [5, 5.41) is 1.22. The molecule has 0 saturated heterocycles. The summed E-state index contributed by atoms with van der Waals surface area (Å²) in [4.78, 5) is 0.157. The fraction of sp³-hybridized carbons (Fsp3) is 0.143. The van der Waals surface area contributed by atoms with Crippen LogP contribution in [0, 0.1) is 0 Å². The molecule has 0 nitrogen and oxygen atoms in total. The van der Waals surface area contributed by atoms with Crippen molar-refractivity contribution in [2.75, 3.05) is 0 Å². The van der Waals surface area contributed by atoms with Gasteiger partial charge < -0.3 is 0 Å². The Morgan fingerprint density at radius 3 is 2.33 bits per heavy atom. The Kier molecular flexibility index (Phi) is 5.14. The Balaban J connectivity index is 2.19. The van der Waals surface area contributed by atoms with E-state index in [2.05, 4.69) is 44.0 Å². The van der Waals surface area contributed by atoms with Gasteiger partial charge in [0.2, 0.25) is 0 Å². The smallest absolute Gasteiger partial charge is 0.0635 e. The van der Waals surface area contributed by atoms with Gasteiger partial charge >= 0.3 is 0 Å². The molecule has 0 N–H and O–H groups in total. The molecule has 2 aromatic rings. The van der Waals surface area contributed by atoms with Crippen molar-refractivity contribution in [3.05, 3.63) is 68.1 Å². The van der Waals surface area contributed by atoms with Gasteiger partial charge in [0.05, 0.1) is 10.0 Å². The first-order valence-electron chi connectivity index (χ1n) is 5.40. The van der Waals surface area contributed by atoms with Gasteiger partial charge in [-0.1, -0.05) is 79.3 Å². The van der Waals surface area contributed by atoms with Crippen molar-refractivity contribution in [3.63, 3.8) is 0 Å². The van der Waals surface area contributed by atoms with Crippen molar-refractivity contribution < 1.29 is 0 Å². The second-order valence-corrected chi connectivity index (χ2v) is 6.75. The van der Waals surface area contributed by atoms with Crippen LogP contribution in [0.3, 0.4) is 0 Å². The molecule has 0 aromatic heterocycles. The third-order valence-corrected chi connectivity index (χ3v) is 4.83. The Hall–Kier alpha value is -0.0200. The number of benzene rings is 2. The van der Waals surface area contributed by atoms with E-state index in [-0.39, 0.29) is 4.83 Å². The maximum atomic E-state index is 6.21. The largest absolute Gasteiger partial charge is 0.0835 e. The molecule has 1 unspecified atom stereocenters. The number of halogens is 4. The van der Waals surface area contributed by atoms with Gasteiger partial charge in [0.25, 0.3) is 0 Å². The fourth-order valence-electron chi connectivity index (χ4n) is 1.70. The van der Waals surface area contributed by atoms with E-state index >= 15 is 0 Å². The molecule has 4 heteroatoms. The van der Waals surface area contributed by atoms with E-state index in [0.717, 1.165) is 16.5 Å². The van der Waals surface area contributed by atoms with E-state index in [1.165, 1.54) is 5.56 Å². The average molecular weight is 409 g/mol. The first-order valence-corrected chi connectivity index (χ1v) is 7.87. The van der Waals surface area contributed by atoms with Crippen LogP contribution in [0.5, 0.6) is 0 Å². The minimum Gasteiger partial charge on any atom is -0.0835 e. The zero-order valence-electron chi connectivity index (χ0n) is 9.34. The summed E-state index contributed by atoms with van der Waals surface area (Å²) in [6.07, 6.45) is 0.868. The van der Waals surface area contributed by atoms with E-state index in [1.807, 2.05) is 24.3 Å². The van der Waals surface area contributed by atoms with Gasteiger partial charge in [-0.05, 0) is 35.7 Å². The second kappa shape index (κ2) is 6.42. The molecule has 0 amide bonds. The average Bonchev–Trinajstić information content (AvgIpc) is 2.35. The summed E-state index contributed by atoms with van der Waals surface area (Å²) in [5.74, 6) is 0. The lowest BCUT2D eigenvalue weighted by Crippen LogP contribution is -1.96. The normalized spacial score (nSPS) is 12.4. The molecule has 1 atom stereocenters. The summed E-state index contributed by atoms with van der Waals surface area (Å²) in [7, 11) is 0. The van der Waals surface area contributed by atoms with Gasteiger partial charge in [-0.25, -0.2) is 0 Å². The maximum Gasteiger partial charge on any atom is 0.0635 e. The van der Waals surface area contributed by atoms with E-state index in [9.17, 15) is 0 Å². The van der Waals surface area contributed by atoms with Crippen LogP contribution in [-0.2, 0) is 6.42 Å². The Labute approximate surface area is 134 Å². The number of rotatable bonds is 3. The zero-order valence-corrected chi connectivity index (χ0v) is 14.0. The van der Waals surface area contributed by atoms with Crippen molar-refractivity contribution >= 4 is 55.1 Å². The van der Waals surface area contributed by atoms with Crippen molar-refractivity contribution in [1.82, 2.24) is 0 Å². The highest BCUT2D eigenvalue weighted by atomic mass is 79.9. The first kappa shape index (κ1) is 14.4. The van der Waals surface area contributed by atoms with Gasteiger partial charge in [-0.2, -0.15) is 0 Å². The Morgan fingerprint density at radius 1 is 1.00 bits per heavy atom. The van der Waals surface area contributed by atoms with Crippen LogP contribution in [0.25, 0.3) is 0 Å². The number of hydrogen-bond donors (Lipinski definition) is 0. The molecule has 2 aromatic carbocycles. The van der Waals surface area contributed by atoms with Crippen LogP contribution in [0.1, 0.15) is 16.0 Å². The molecule has 0 aliphatic heterocycles. The first-order chi connectivity index (χ1) is 8.58. The summed E-state index contributed by atoms with van der Waals surface area (Å²) in [6.45, 7) is 0. The molecule has 0 aliphatic rings. The third-order valence-electron chi connectivity index (χ3n) is 2.65. The van der Waals surface area contributed by atoms with Crippen molar-refractivity contribution in [2.24, 2.45) is 0 Å². The van der Waals surface area contributed by atoms with Crippen LogP contribution in [-0.4, -0.2) is 0 Å². The molecule has 0 spiro atoms. The highest BCUT2D eigenvalue weighted by Crippen LogP contribution is 2.36. The summed E-state index contributed by atoms with van der Waals surface area (Å²) in [5.41, 5.74) is 2.27. The highest BCUT2D eigenvalue weighted by Gasteiger charge is 2.13. The number of alkyl halides is 1. The lowest BCUT2D eigenvalue weighted by molar-refractivity contribution is 0.949. The van der Waals surface area contributed by atoms with Crippen molar-refractivity contribution in [3.8, 4) is 0 Å². The molecule has 0 saturated carbocycles. The van der Waals surface area contributed by atoms with Crippen LogP contribution < -0.4 is 0 Å². The fourth-order valence-corrected chi connectivity index (χ4v) is 3.29. The molecule has 94 valence electrons. The topological polar surface area (TPSA) is 0 Å². The molecule has 18 heavy (non-hydrogen) atoms. The third kappa shape index (κ3) is 3.51. The van der Waals surface area contributed by atoms with E-state index in [4.69, 9.17) is 23.2 Å². The highest BCUT2D eigenvalue weighted by molar-refractivity contribution is 9.10. The standard InChI is InChI=1S/C14H10Br2Cl2/c15-10-6-4-9(5-7-10)8-12(16)11-2-1-3-13(17)14(11)18/h1-7,12H,8H2. The van der Waals surface area contributed by atoms with E-state index < -0.39 is 0 Å². The molecular formula is C14H10Br2Cl2. The van der Waals surface area contributed by atoms with E-state index in [0.29, 0.717) is 10.0 Å². The van der Waals surface area contributed by atoms with Crippen molar-refractivity contribution in [1.29, 1.82) is 0 Å². The SMILES string of the molecule is Clc1cccc(C(Br)Cc2ccc(Br)cc2)c1Cl. The van der Waals surface area contributed by atoms with Crippen LogP contribution >= 0.6 is 55.1 Å². The maximum absolute atomic E-state index is 6.21.